The fraction of sp³-hybridized carbons (Fsp3) is 0.250. The number of aromatic nitrogens is 4. The summed E-state index contributed by atoms with van der Waals surface area (Å²) >= 11 is 3.45. The molecule has 0 saturated heterocycles. The summed E-state index contributed by atoms with van der Waals surface area (Å²) in [7, 11) is 3.09. The van der Waals surface area contributed by atoms with E-state index in [0.29, 0.717) is 18.1 Å². The first-order chi connectivity index (χ1) is 16.0. The molecule has 33 heavy (non-hydrogen) atoms. The first-order valence-electron chi connectivity index (χ1n) is 10.5. The van der Waals surface area contributed by atoms with Crippen molar-refractivity contribution < 1.29 is 14.3 Å². The highest BCUT2D eigenvalue weighted by Crippen LogP contribution is 2.36. The standard InChI is InChI=1S/C24H22BrN5O3/c1-14-19-10-16(20-12-26-24(33-3)27-22(20)32-2)5-4-15(19)8-9-29(14)23(31)21-11-18-7-6-17(25)13-30(18)28-21/h4-7,10-14H,8-9H2,1-3H3. The molecule has 1 unspecified atom stereocenters. The van der Waals surface area contributed by atoms with Gasteiger partial charge >= 0.3 is 6.01 Å². The van der Waals surface area contributed by atoms with Crippen LogP contribution in [-0.4, -0.2) is 51.2 Å². The van der Waals surface area contributed by atoms with Gasteiger partial charge in [-0.1, -0.05) is 12.1 Å². The van der Waals surface area contributed by atoms with Gasteiger partial charge in [0.25, 0.3) is 5.91 Å². The second-order valence-electron chi connectivity index (χ2n) is 7.86. The zero-order valence-corrected chi connectivity index (χ0v) is 20.0. The quantitative estimate of drug-likeness (QED) is 0.408. The third-order valence-corrected chi connectivity index (χ3v) is 6.48. The molecule has 0 fully saturated rings. The van der Waals surface area contributed by atoms with Crippen molar-refractivity contribution in [2.24, 2.45) is 0 Å². The molecule has 5 rings (SSSR count). The van der Waals surface area contributed by atoms with Gasteiger partial charge in [0.1, 0.15) is 0 Å². The third kappa shape index (κ3) is 3.82. The fourth-order valence-corrected chi connectivity index (χ4v) is 4.60. The first kappa shape index (κ1) is 21.4. The van der Waals surface area contributed by atoms with Crippen molar-refractivity contribution in [3.63, 3.8) is 0 Å². The lowest BCUT2D eigenvalue weighted by Crippen LogP contribution is -2.39. The Hall–Kier alpha value is -3.46. The van der Waals surface area contributed by atoms with Crippen LogP contribution in [0.2, 0.25) is 0 Å². The number of fused-ring (bicyclic) bond motifs is 2. The van der Waals surface area contributed by atoms with Crippen LogP contribution >= 0.6 is 15.9 Å². The maximum absolute atomic E-state index is 13.4. The molecule has 8 nitrogen and oxygen atoms in total. The van der Waals surface area contributed by atoms with Crippen LogP contribution in [0, 0.1) is 0 Å². The maximum Gasteiger partial charge on any atom is 0.319 e. The van der Waals surface area contributed by atoms with Gasteiger partial charge in [-0.2, -0.15) is 10.1 Å². The van der Waals surface area contributed by atoms with Crippen molar-refractivity contribution in [3.8, 4) is 23.0 Å². The number of rotatable bonds is 4. The molecule has 168 valence electrons. The molecule has 1 aliphatic rings. The maximum atomic E-state index is 13.4. The van der Waals surface area contributed by atoms with E-state index in [9.17, 15) is 4.79 Å². The third-order valence-electron chi connectivity index (χ3n) is 6.01. The molecule has 0 aliphatic carbocycles. The molecule has 3 aromatic heterocycles. The second-order valence-corrected chi connectivity index (χ2v) is 8.78. The van der Waals surface area contributed by atoms with Crippen molar-refractivity contribution in [1.29, 1.82) is 0 Å². The Morgan fingerprint density at radius 3 is 2.79 bits per heavy atom. The summed E-state index contributed by atoms with van der Waals surface area (Å²) in [4.78, 5) is 23.8. The molecule has 1 aromatic carbocycles. The van der Waals surface area contributed by atoms with E-state index in [2.05, 4.69) is 43.1 Å². The van der Waals surface area contributed by atoms with E-state index in [1.54, 1.807) is 17.8 Å². The smallest absolute Gasteiger partial charge is 0.319 e. The van der Waals surface area contributed by atoms with Crippen molar-refractivity contribution in [2.45, 2.75) is 19.4 Å². The van der Waals surface area contributed by atoms with Gasteiger partial charge in [0, 0.05) is 23.4 Å². The number of halogens is 1. The van der Waals surface area contributed by atoms with Crippen LogP contribution in [0.15, 0.2) is 53.3 Å². The van der Waals surface area contributed by atoms with E-state index in [-0.39, 0.29) is 18.0 Å². The van der Waals surface area contributed by atoms with Crippen LogP contribution in [-0.2, 0) is 6.42 Å². The number of pyridine rings is 1. The lowest BCUT2D eigenvalue weighted by molar-refractivity contribution is 0.0671. The van der Waals surface area contributed by atoms with Crippen molar-refractivity contribution in [1.82, 2.24) is 24.5 Å². The highest BCUT2D eigenvalue weighted by Gasteiger charge is 2.30. The van der Waals surface area contributed by atoms with Gasteiger partial charge in [-0.05, 0) is 70.2 Å². The first-order valence-corrected chi connectivity index (χ1v) is 11.3. The molecule has 0 bridgehead atoms. The Morgan fingerprint density at radius 2 is 2.00 bits per heavy atom. The van der Waals surface area contributed by atoms with Gasteiger partial charge in [0.2, 0.25) is 5.88 Å². The largest absolute Gasteiger partial charge is 0.480 e. The van der Waals surface area contributed by atoms with E-state index in [0.717, 1.165) is 33.1 Å². The van der Waals surface area contributed by atoms with E-state index >= 15 is 0 Å². The number of ether oxygens (including phenoxy) is 2. The molecule has 0 saturated carbocycles. The van der Waals surface area contributed by atoms with Crippen LogP contribution in [0.1, 0.15) is 34.6 Å². The molecule has 1 aliphatic heterocycles. The Morgan fingerprint density at radius 1 is 1.15 bits per heavy atom. The van der Waals surface area contributed by atoms with Crippen LogP contribution in [0.3, 0.4) is 0 Å². The summed E-state index contributed by atoms with van der Waals surface area (Å²) in [5.74, 6) is 0.359. The second kappa shape index (κ2) is 8.47. The van der Waals surface area contributed by atoms with Crippen molar-refractivity contribution in [2.75, 3.05) is 20.8 Å². The highest BCUT2D eigenvalue weighted by atomic mass is 79.9. The Labute approximate surface area is 199 Å². The lowest BCUT2D eigenvalue weighted by atomic mass is 9.90. The number of carbonyl (C=O) groups excluding carboxylic acids is 1. The molecule has 0 N–H and O–H groups in total. The number of nitrogens with zero attached hydrogens (tertiary/aromatic N) is 5. The van der Waals surface area contributed by atoms with E-state index < -0.39 is 0 Å². The molecule has 0 radical (unpaired) electrons. The summed E-state index contributed by atoms with van der Waals surface area (Å²) < 4.78 is 13.2. The van der Waals surface area contributed by atoms with E-state index in [4.69, 9.17) is 9.47 Å². The topological polar surface area (TPSA) is 81.9 Å². The van der Waals surface area contributed by atoms with Gasteiger partial charge in [0.15, 0.2) is 5.69 Å². The van der Waals surface area contributed by atoms with E-state index in [1.165, 1.54) is 12.7 Å². The molecule has 1 amide bonds. The molecule has 0 spiro atoms. The van der Waals surface area contributed by atoms with Crippen molar-refractivity contribution in [3.05, 3.63) is 70.1 Å². The zero-order chi connectivity index (χ0) is 23.1. The number of carbonyl (C=O) groups is 1. The summed E-state index contributed by atoms with van der Waals surface area (Å²) in [5, 5.41) is 4.49. The SMILES string of the molecule is COc1ncc(-c2ccc3c(c2)C(C)N(C(=O)c2cc4ccc(Br)cn4n2)CC3)c(OC)n1. The van der Waals surface area contributed by atoms with Crippen LogP contribution in [0.25, 0.3) is 16.6 Å². The Kier molecular flexibility index (Phi) is 5.49. The molecule has 9 heteroatoms. The van der Waals surface area contributed by atoms with E-state index in [1.807, 2.05) is 42.3 Å². The molecular weight excluding hydrogens is 486 g/mol. The average Bonchev–Trinajstić information content (AvgIpc) is 3.26. The van der Waals surface area contributed by atoms with Gasteiger partial charge < -0.3 is 14.4 Å². The van der Waals surface area contributed by atoms with Gasteiger partial charge in [-0.25, -0.2) is 9.50 Å². The van der Waals surface area contributed by atoms with Gasteiger partial charge in [-0.3, -0.25) is 4.79 Å². The summed E-state index contributed by atoms with van der Waals surface area (Å²) in [6.45, 7) is 2.69. The van der Waals surface area contributed by atoms with Crippen LogP contribution < -0.4 is 9.47 Å². The van der Waals surface area contributed by atoms with Gasteiger partial charge in [-0.15, -0.1) is 0 Å². The minimum atomic E-state index is -0.108. The van der Waals surface area contributed by atoms with Gasteiger partial charge in [0.05, 0.1) is 31.3 Å². The zero-order valence-electron chi connectivity index (χ0n) is 18.4. The fourth-order valence-electron chi connectivity index (χ4n) is 4.28. The Balaban J connectivity index is 1.48. The normalized spacial score (nSPS) is 15.4. The molecule has 4 aromatic rings. The minimum Gasteiger partial charge on any atom is -0.480 e. The predicted octanol–water partition coefficient (Wildman–Crippen LogP) is 4.33. The summed E-state index contributed by atoms with van der Waals surface area (Å²) in [6, 6.07) is 12.1. The predicted molar refractivity (Wildman–Crippen MR) is 127 cm³/mol. The van der Waals surface area contributed by atoms with Crippen LogP contribution in [0.5, 0.6) is 11.9 Å². The Bertz CT molecular complexity index is 1370. The van der Waals surface area contributed by atoms with Crippen molar-refractivity contribution >= 4 is 27.4 Å². The monoisotopic (exact) mass is 507 g/mol. The number of benzene rings is 1. The summed E-state index contributed by atoms with van der Waals surface area (Å²) in [6.07, 6.45) is 4.32. The minimum absolute atomic E-state index is 0.0799. The average molecular weight is 508 g/mol. The molecule has 4 heterocycles. The summed E-state index contributed by atoms with van der Waals surface area (Å²) in [5.41, 5.74) is 5.32. The number of hydrogen-bond donors (Lipinski definition) is 0. The molecular formula is C24H22BrN5O3. The number of methoxy groups -OCH3 is 2. The molecule has 1 atom stereocenters. The lowest BCUT2D eigenvalue weighted by Gasteiger charge is -2.35. The highest BCUT2D eigenvalue weighted by molar-refractivity contribution is 9.10. The number of amides is 1. The number of hydrogen-bond acceptors (Lipinski definition) is 6. The van der Waals surface area contributed by atoms with Crippen LogP contribution in [0.4, 0.5) is 0 Å².